The third-order valence-electron chi connectivity index (χ3n) is 3.97. The zero-order valence-corrected chi connectivity index (χ0v) is 16.2. The Bertz CT molecular complexity index is 1150. The molecule has 28 heavy (non-hydrogen) atoms. The van der Waals surface area contributed by atoms with Gasteiger partial charge in [-0.05, 0) is 37.6 Å². The van der Waals surface area contributed by atoms with Crippen LogP contribution >= 0.6 is 0 Å². The van der Waals surface area contributed by atoms with Crippen molar-refractivity contribution in [2.75, 3.05) is 4.72 Å². The Labute approximate surface area is 161 Å². The molecular weight excluding hydrogens is 384 g/mol. The summed E-state index contributed by atoms with van der Waals surface area (Å²) in [6, 6.07) is 8.74. The first-order valence-electron chi connectivity index (χ1n) is 8.21. The van der Waals surface area contributed by atoms with E-state index < -0.39 is 20.6 Å². The Hall–Kier alpha value is -3.40. The van der Waals surface area contributed by atoms with Gasteiger partial charge in [0.2, 0.25) is 5.75 Å². The van der Waals surface area contributed by atoms with E-state index >= 15 is 0 Å². The Morgan fingerprint density at radius 1 is 1.18 bits per heavy atom. The van der Waals surface area contributed by atoms with Gasteiger partial charge in [0.1, 0.15) is 0 Å². The number of sulfonamides is 1. The van der Waals surface area contributed by atoms with Gasteiger partial charge in [0.05, 0.1) is 27.9 Å². The van der Waals surface area contributed by atoms with Crippen LogP contribution in [0.5, 0.6) is 11.5 Å². The Morgan fingerprint density at radius 2 is 1.93 bits per heavy atom. The fourth-order valence-electron chi connectivity index (χ4n) is 2.60. The van der Waals surface area contributed by atoms with Crippen LogP contribution in [0.25, 0.3) is 0 Å². The summed E-state index contributed by atoms with van der Waals surface area (Å²) < 4.78 is 34.8. The average Bonchev–Trinajstić information content (AvgIpc) is 3.02. The first-order chi connectivity index (χ1) is 13.2. The van der Waals surface area contributed by atoms with Crippen LogP contribution in [0.15, 0.2) is 53.7 Å². The number of benzene rings is 2. The number of rotatable bonds is 6. The lowest BCUT2D eigenvalue weighted by Crippen LogP contribution is -2.14. The molecule has 0 spiro atoms. The Kier molecular flexibility index (Phi) is 5.06. The van der Waals surface area contributed by atoms with Crippen molar-refractivity contribution in [3.05, 3.63) is 70.0 Å². The quantitative estimate of drug-likeness (QED) is 0.498. The highest BCUT2D eigenvalue weighted by atomic mass is 32.2. The maximum atomic E-state index is 12.7. The number of nitrogens with one attached hydrogen (secondary N) is 1. The minimum Gasteiger partial charge on any atom is -0.447 e. The van der Waals surface area contributed by atoms with Crippen molar-refractivity contribution in [1.82, 2.24) is 9.78 Å². The summed E-state index contributed by atoms with van der Waals surface area (Å²) in [5.41, 5.74) is 1.68. The lowest BCUT2D eigenvalue weighted by Gasteiger charge is -2.12. The summed E-state index contributed by atoms with van der Waals surface area (Å²) in [7, 11) is -2.34. The normalized spacial score (nSPS) is 11.2. The van der Waals surface area contributed by atoms with Gasteiger partial charge >= 0.3 is 5.69 Å². The lowest BCUT2D eigenvalue weighted by atomic mass is 10.1. The molecule has 0 fully saturated rings. The van der Waals surface area contributed by atoms with Gasteiger partial charge in [-0.15, -0.1) is 0 Å². The number of nitrogens with zero attached hydrogens (tertiary/aromatic N) is 3. The van der Waals surface area contributed by atoms with E-state index in [1.807, 2.05) is 13.0 Å². The van der Waals surface area contributed by atoms with E-state index in [-0.39, 0.29) is 10.6 Å². The highest BCUT2D eigenvalue weighted by Crippen LogP contribution is 2.33. The highest BCUT2D eigenvalue weighted by Gasteiger charge is 2.23. The predicted molar refractivity (Wildman–Crippen MR) is 103 cm³/mol. The molecule has 0 aliphatic heterocycles. The molecule has 1 N–H and O–H groups in total. The van der Waals surface area contributed by atoms with Crippen LogP contribution in [-0.2, 0) is 17.1 Å². The largest absolute Gasteiger partial charge is 0.447 e. The van der Waals surface area contributed by atoms with Crippen LogP contribution in [0, 0.1) is 24.0 Å². The number of hydrogen-bond acceptors (Lipinski definition) is 6. The molecule has 0 unspecified atom stereocenters. The molecule has 0 bridgehead atoms. The van der Waals surface area contributed by atoms with Crippen molar-refractivity contribution in [3.63, 3.8) is 0 Å². The predicted octanol–water partition coefficient (Wildman–Crippen LogP) is 3.54. The highest BCUT2D eigenvalue weighted by molar-refractivity contribution is 7.92. The van der Waals surface area contributed by atoms with Crippen LogP contribution < -0.4 is 9.46 Å². The van der Waals surface area contributed by atoms with Gasteiger partial charge in [-0.1, -0.05) is 17.7 Å². The van der Waals surface area contributed by atoms with E-state index in [0.717, 1.165) is 17.2 Å². The topological polar surface area (TPSA) is 116 Å². The zero-order chi connectivity index (χ0) is 20.5. The molecule has 0 saturated carbocycles. The average molecular weight is 402 g/mol. The second-order valence-electron chi connectivity index (χ2n) is 6.26. The standard InChI is InChI=1S/C18H18N4O5S/c1-12-4-6-16(13(2)8-12)20-28(25,26)15-5-7-18(17(9-15)22(23)24)27-14-10-19-21(3)11-14/h4-11,20H,1-3H3. The van der Waals surface area contributed by atoms with Gasteiger partial charge < -0.3 is 4.74 Å². The van der Waals surface area contributed by atoms with Gasteiger partial charge in [0.15, 0.2) is 5.75 Å². The number of aryl methyl sites for hydroxylation is 3. The van der Waals surface area contributed by atoms with Gasteiger partial charge in [-0.2, -0.15) is 5.10 Å². The van der Waals surface area contributed by atoms with Gasteiger partial charge in [0.25, 0.3) is 10.0 Å². The van der Waals surface area contributed by atoms with Crippen molar-refractivity contribution in [3.8, 4) is 11.5 Å². The number of anilines is 1. The van der Waals surface area contributed by atoms with Crippen molar-refractivity contribution >= 4 is 21.4 Å². The molecule has 0 radical (unpaired) electrons. The van der Waals surface area contributed by atoms with Crippen LogP contribution in [0.4, 0.5) is 11.4 Å². The van der Waals surface area contributed by atoms with E-state index in [2.05, 4.69) is 9.82 Å². The monoisotopic (exact) mass is 402 g/mol. The summed E-state index contributed by atoms with van der Waals surface area (Å²) in [6.07, 6.45) is 2.94. The minimum absolute atomic E-state index is 0.0801. The SMILES string of the molecule is Cc1ccc(NS(=O)(=O)c2ccc(Oc3cnn(C)c3)c([N+](=O)[O-])c2)c(C)c1. The van der Waals surface area contributed by atoms with Crippen LogP contribution in [0.3, 0.4) is 0 Å². The van der Waals surface area contributed by atoms with Crippen LogP contribution in [0.1, 0.15) is 11.1 Å². The van der Waals surface area contributed by atoms with Crippen molar-refractivity contribution in [2.45, 2.75) is 18.7 Å². The molecule has 146 valence electrons. The molecule has 1 heterocycles. The molecule has 10 heteroatoms. The van der Waals surface area contributed by atoms with Gasteiger partial charge in [-0.3, -0.25) is 19.5 Å². The molecule has 1 aromatic heterocycles. The van der Waals surface area contributed by atoms with Crippen molar-refractivity contribution in [1.29, 1.82) is 0 Å². The molecular formula is C18H18N4O5S. The van der Waals surface area contributed by atoms with E-state index in [4.69, 9.17) is 4.74 Å². The maximum Gasteiger partial charge on any atom is 0.312 e. The molecule has 3 rings (SSSR count). The second kappa shape index (κ2) is 7.31. The third-order valence-corrected chi connectivity index (χ3v) is 5.34. The number of ether oxygens (including phenoxy) is 1. The first-order valence-corrected chi connectivity index (χ1v) is 9.69. The van der Waals surface area contributed by atoms with E-state index in [1.54, 1.807) is 26.1 Å². The smallest absolute Gasteiger partial charge is 0.312 e. The molecule has 0 aliphatic rings. The minimum atomic E-state index is -4.02. The van der Waals surface area contributed by atoms with Gasteiger partial charge in [-0.25, -0.2) is 8.42 Å². The van der Waals surface area contributed by atoms with Crippen molar-refractivity contribution in [2.24, 2.45) is 7.05 Å². The van der Waals surface area contributed by atoms with Crippen LogP contribution in [0.2, 0.25) is 0 Å². The second-order valence-corrected chi connectivity index (χ2v) is 7.94. The molecule has 0 saturated heterocycles. The third kappa shape index (κ3) is 4.12. The van der Waals surface area contributed by atoms with Crippen molar-refractivity contribution < 1.29 is 18.1 Å². The fraction of sp³-hybridized carbons (Fsp3) is 0.167. The number of nitro benzene ring substituents is 1. The molecule has 2 aromatic carbocycles. The zero-order valence-electron chi connectivity index (χ0n) is 15.4. The number of aromatic nitrogens is 2. The van der Waals surface area contributed by atoms with Crippen LogP contribution in [-0.4, -0.2) is 23.1 Å². The molecule has 0 atom stereocenters. The summed E-state index contributed by atoms with van der Waals surface area (Å²) >= 11 is 0. The number of hydrogen-bond donors (Lipinski definition) is 1. The Balaban J connectivity index is 1.95. The fourth-order valence-corrected chi connectivity index (χ4v) is 3.75. The summed E-state index contributed by atoms with van der Waals surface area (Å²) in [6.45, 7) is 3.67. The summed E-state index contributed by atoms with van der Waals surface area (Å²) in [5.74, 6) is 0.220. The summed E-state index contributed by atoms with van der Waals surface area (Å²) in [5, 5.41) is 15.4. The van der Waals surface area contributed by atoms with E-state index in [1.165, 1.54) is 29.2 Å². The Morgan fingerprint density at radius 3 is 2.54 bits per heavy atom. The maximum absolute atomic E-state index is 12.7. The first kappa shape index (κ1) is 19.4. The lowest BCUT2D eigenvalue weighted by molar-refractivity contribution is -0.385. The van der Waals surface area contributed by atoms with Gasteiger partial charge in [0, 0.05) is 13.1 Å². The van der Waals surface area contributed by atoms with E-state index in [0.29, 0.717) is 11.4 Å². The molecule has 0 amide bonds. The summed E-state index contributed by atoms with van der Waals surface area (Å²) in [4.78, 5) is 10.5. The number of nitro groups is 1. The molecule has 9 nitrogen and oxygen atoms in total. The molecule has 0 aliphatic carbocycles. The van der Waals surface area contributed by atoms with E-state index in [9.17, 15) is 18.5 Å². The molecule has 3 aromatic rings.